The largest absolute Gasteiger partial charge is 0.483 e. The second-order valence-corrected chi connectivity index (χ2v) is 2.88. The Morgan fingerprint density at radius 1 is 1.07 bits per heavy atom. The molecule has 6 nitrogen and oxygen atoms in total. The number of nitrogens with two attached hydrogens (primary N) is 2. The van der Waals surface area contributed by atoms with Crippen LogP contribution in [0.5, 0.6) is 0 Å². The average molecular weight is 256 g/mol. The molecule has 0 aromatic rings. The number of carboxylic acid groups (broad SMARTS) is 1. The topological polar surface area (TPSA) is 123 Å². The number of amides is 2. The van der Waals surface area contributed by atoms with Crippen LogP contribution >= 0.6 is 25.3 Å². The number of hydrogen-bond acceptors (Lipinski definition) is 5. The number of carbonyl (C=O) groups is 3. The highest BCUT2D eigenvalue weighted by Crippen LogP contribution is 1.78. The van der Waals surface area contributed by atoms with Gasteiger partial charge < -0.3 is 16.6 Å². The molecule has 0 aromatic heterocycles. The van der Waals surface area contributed by atoms with Gasteiger partial charge in [-0.05, 0) is 11.5 Å². The van der Waals surface area contributed by atoms with E-state index in [1.165, 1.54) is 0 Å². The summed E-state index contributed by atoms with van der Waals surface area (Å²) in [4.78, 5) is 27.9. The van der Waals surface area contributed by atoms with Gasteiger partial charge in [0.1, 0.15) is 0 Å². The summed E-state index contributed by atoms with van der Waals surface area (Å²) in [6.07, 6.45) is 0.756. The normalized spacial score (nSPS) is 7.33. The summed E-state index contributed by atoms with van der Waals surface area (Å²) in [6, 6.07) is 0. The molecule has 0 fully saturated rings. The zero-order valence-electron chi connectivity index (χ0n) is 8.13. The summed E-state index contributed by atoms with van der Waals surface area (Å²) in [5, 5.41) is 6.89. The number of primary amides is 2. The van der Waals surface area contributed by atoms with E-state index in [2.05, 4.69) is 25.3 Å². The molecule has 0 unspecified atom stereocenters. The average Bonchev–Trinajstić information content (AvgIpc) is 2.05. The maximum atomic E-state index is 9.77. The van der Waals surface area contributed by atoms with E-state index in [4.69, 9.17) is 21.4 Å². The zero-order chi connectivity index (χ0) is 12.7. The third-order valence-corrected chi connectivity index (χ3v) is 1.16. The van der Waals surface area contributed by atoms with Crippen LogP contribution in [-0.2, 0) is 14.4 Å². The van der Waals surface area contributed by atoms with Crippen LogP contribution in [0.4, 0.5) is 0 Å². The highest BCUT2D eigenvalue weighted by Gasteiger charge is 1.85. The third kappa shape index (κ3) is 62.0. The second-order valence-electron chi connectivity index (χ2n) is 1.99. The first-order chi connectivity index (χ1) is 6.95. The minimum Gasteiger partial charge on any atom is -0.483 e. The van der Waals surface area contributed by atoms with Crippen LogP contribution in [0.15, 0.2) is 0 Å². The molecule has 2 amide bonds. The van der Waals surface area contributed by atoms with Gasteiger partial charge in [0.2, 0.25) is 11.8 Å². The number of carbonyl (C=O) groups excluding carboxylic acids is 2. The van der Waals surface area contributed by atoms with Gasteiger partial charge in [0.25, 0.3) is 6.47 Å². The number of rotatable bonds is 4. The number of thiol groups is 2. The van der Waals surface area contributed by atoms with Crippen LogP contribution in [-0.4, -0.2) is 34.9 Å². The standard InChI is InChI=1S/2C3H7NOS.CH2O2/c2*4-3(5)1-2-6;2-1-3/h2*6H,1-2H2,(H2,4,5);1H,(H,2,3). The molecule has 0 rings (SSSR count). The molecule has 0 aliphatic carbocycles. The van der Waals surface area contributed by atoms with Crippen molar-refractivity contribution in [3.63, 3.8) is 0 Å². The van der Waals surface area contributed by atoms with Crippen LogP contribution in [0.1, 0.15) is 12.8 Å². The molecule has 5 N–H and O–H groups in total. The van der Waals surface area contributed by atoms with Gasteiger partial charge in [-0.3, -0.25) is 14.4 Å². The van der Waals surface area contributed by atoms with Crippen molar-refractivity contribution in [1.82, 2.24) is 0 Å². The molecule has 8 heteroatoms. The van der Waals surface area contributed by atoms with E-state index in [1.54, 1.807) is 0 Å². The quantitative estimate of drug-likeness (QED) is 0.336. The van der Waals surface area contributed by atoms with E-state index in [-0.39, 0.29) is 18.3 Å². The van der Waals surface area contributed by atoms with Gasteiger partial charge >= 0.3 is 0 Å². The van der Waals surface area contributed by atoms with E-state index in [0.29, 0.717) is 24.3 Å². The smallest absolute Gasteiger partial charge is 0.290 e. The summed E-state index contributed by atoms with van der Waals surface area (Å²) < 4.78 is 0. The van der Waals surface area contributed by atoms with Crippen LogP contribution in [0.2, 0.25) is 0 Å². The Hall–Kier alpha value is -0.890. The Labute approximate surface area is 99.2 Å². The van der Waals surface area contributed by atoms with Crippen molar-refractivity contribution in [2.45, 2.75) is 12.8 Å². The van der Waals surface area contributed by atoms with Crippen molar-refractivity contribution in [2.75, 3.05) is 11.5 Å². The van der Waals surface area contributed by atoms with E-state index in [9.17, 15) is 9.59 Å². The molecule has 0 aliphatic heterocycles. The number of hydrogen-bond donors (Lipinski definition) is 5. The van der Waals surface area contributed by atoms with Crippen molar-refractivity contribution in [1.29, 1.82) is 0 Å². The fraction of sp³-hybridized carbons (Fsp3) is 0.571. The summed E-state index contributed by atoms with van der Waals surface area (Å²) in [7, 11) is 0. The first-order valence-electron chi connectivity index (χ1n) is 3.82. The summed E-state index contributed by atoms with van der Waals surface area (Å²) in [5.74, 6) is 0.528. The SMILES string of the molecule is NC(=O)CCS.NC(=O)CCS.O=CO. The minimum absolute atomic E-state index is 0.250. The Morgan fingerprint density at radius 2 is 1.27 bits per heavy atom. The van der Waals surface area contributed by atoms with Gasteiger partial charge in [0.15, 0.2) is 0 Å². The lowest BCUT2D eigenvalue weighted by Gasteiger charge is -1.80. The summed E-state index contributed by atoms with van der Waals surface area (Å²) in [5.41, 5.74) is 9.43. The molecule has 90 valence electrons. The van der Waals surface area contributed by atoms with Crippen molar-refractivity contribution >= 4 is 43.5 Å². The van der Waals surface area contributed by atoms with Gasteiger partial charge in [0.05, 0.1) is 0 Å². The fourth-order valence-corrected chi connectivity index (χ4v) is 0.661. The molecule has 0 bridgehead atoms. The van der Waals surface area contributed by atoms with Gasteiger partial charge in [-0.1, -0.05) is 0 Å². The van der Waals surface area contributed by atoms with E-state index >= 15 is 0 Å². The molecule has 0 aromatic carbocycles. The Balaban J connectivity index is -0.000000153. The monoisotopic (exact) mass is 256 g/mol. The van der Waals surface area contributed by atoms with Crippen LogP contribution in [0, 0.1) is 0 Å². The molecule has 0 radical (unpaired) electrons. The summed E-state index contributed by atoms with van der Waals surface area (Å²) in [6.45, 7) is -0.250. The van der Waals surface area contributed by atoms with Gasteiger partial charge in [-0.15, -0.1) is 0 Å². The molecule has 0 spiro atoms. The molecular formula is C7H16N2O4S2. The van der Waals surface area contributed by atoms with Gasteiger partial charge in [-0.25, -0.2) is 0 Å². The maximum Gasteiger partial charge on any atom is 0.290 e. The van der Waals surface area contributed by atoms with Crippen molar-refractivity contribution in [3.8, 4) is 0 Å². The predicted molar refractivity (Wildman–Crippen MR) is 64.0 cm³/mol. The second kappa shape index (κ2) is 18.8. The molecule has 0 atom stereocenters. The van der Waals surface area contributed by atoms with Crippen molar-refractivity contribution < 1.29 is 19.5 Å². The lowest BCUT2D eigenvalue weighted by atomic mass is 10.5. The molecule has 0 saturated carbocycles. The maximum absolute atomic E-state index is 9.77. The molecule has 0 saturated heterocycles. The van der Waals surface area contributed by atoms with Crippen LogP contribution in [0.3, 0.4) is 0 Å². The lowest BCUT2D eigenvalue weighted by Crippen LogP contribution is -2.09. The first-order valence-corrected chi connectivity index (χ1v) is 5.08. The van der Waals surface area contributed by atoms with Gasteiger partial charge in [0, 0.05) is 12.8 Å². The molecule has 15 heavy (non-hydrogen) atoms. The zero-order valence-corrected chi connectivity index (χ0v) is 9.92. The van der Waals surface area contributed by atoms with Crippen molar-refractivity contribution in [2.24, 2.45) is 11.5 Å². The lowest BCUT2D eigenvalue weighted by molar-refractivity contribution is -0.123. The Morgan fingerprint density at radius 3 is 1.27 bits per heavy atom. The Bertz CT molecular complexity index is 162. The van der Waals surface area contributed by atoms with E-state index in [1.807, 2.05) is 0 Å². The molecular weight excluding hydrogens is 240 g/mol. The first kappa shape index (κ1) is 19.6. The van der Waals surface area contributed by atoms with Crippen molar-refractivity contribution in [3.05, 3.63) is 0 Å². The van der Waals surface area contributed by atoms with Gasteiger partial charge in [-0.2, -0.15) is 25.3 Å². The molecule has 0 heterocycles. The van der Waals surface area contributed by atoms with E-state index < -0.39 is 0 Å². The fourth-order valence-electron chi connectivity index (χ4n) is 0.220. The minimum atomic E-state index is -0.287. The third-order valence-electron chi connectivity index (χ3n) is 0.716. The highest BCUT2D eigenvalue weighted by molar-refractivity contribution is 7.80. The van der Waals surface area contributed by atoms with Crippen LogP contribution < -0.4 is 11.5 Å². The highest BCUT2D eigenvalue weighted by atomic mass is 32.1. The van der Waals surface area contributed by atoms with Crippen LogP contribution in [0.25, 0.3) is 0 Å². The Kier molecular flexibility index (Phi) is 24.6. The predicted octanol–water partition coefficient (Wildman–Crippen LogP) is -0.716. The molecule has 0 aliphatic rings. The van der Waals surface area contributed by atoms with E-state index in [0.717, 1.165) is 0 Å². The summed E-state index contributed by atoms with van der Waals surface area (Å²) >= 11 is 7.52.